The van der Waals surface area contributed by atoms with Gasteiger partial charge in [-0.25, -0.2) is 4.98 Å². The van der Waals surface area contributed by atoms with E-state index < -0.39 is 12.0 Å². The topological polar surface area (TPSA) is 79.3 Å². The molecule has 0 saturated heterocycles. The van der Waals surface area contributed by atoms with Gasteiger partial charge < -0.3 is 10.4 Å². The molecule has 2 rings (SSSR count). The van der Waals surface area contributed by atoms with E-state index in [0.717, 1.165) is 22.7 Å². The average Bonchev–Trinajstić information content (AvgIpc) is 2.94. The van der Waals surface area contributed by atoms with Crippen LogP contribution in [0.25, 0.3) is 0 Å². The molecule has 22 heavy (non-hydrogen) atoms. The predicted molar refractivity (Wildman–Crippen MR) is 84.8 cm³/mol. The molecule has 0 fully saturated rings. The Labute approximate surface area is 133 Å². The van der Waals surface area contributed by atoms with Crippen molar-refractivity contribution in [2.24, 2.45) is 0 Å². The van der Waals surface area contributed by atoms with E-state index in [1.54, 1.807) is 0 Å². The van der Waals surface area contributed by atoms with Crippen molar-refractivity contribution in [2.45, 2.75) is 32.2 Å². The first-order chi connectivity index (χ1) is 10.6. The predicted octanol–water partition coefficient (Wildman–Crippen LogP) is 2.58. The van der Waals surface area contributed by atoms with Crippen LogP contribution in [0.15, 0.2) is 35.7 Å². The van der Waals surface area contributed by atoms with Gasteiger partial charge >= 0.3 is 5.97 Å². The van der Waals surface area contributed by atoms with E-state index in [0.29, 0.717) is 0 Å². The first-order valence-electron chi connectivity index (χ1n) is 7.08. The Morgan fingerprint density at radius 1 is 1.32 bits per heavy atom. The summed E-state index contributed by atoms with van der Waals surface area (Å²) in [5.74, 6) is -1.17. The number of nitrogens with zero attached hydrogens (tertiary/aromatic N) is 1. The molecule has 0 aliphatic rings. The standard InChI is InChI=1S/C16H18N2O3S/c1-2-15-17-12(10-22-15)8-14(19)18-13(9-16(20)21)11-6-4-3-5-7-11/h3-7,10,13H,2,8-9H2,1H3,(H,18,19)(H,20,21). The van der Waals surface area contributed by atoms with Crippen LogP contribution >= 0.6 is 11.3 Å². The number of hydrogen-bond acceptors (Lipinski definition) is 4. The first-order valence-corrected chi connectivity index (χ1v) is 7.95. The molecule has 0 bridgehead atoms. The quantitative estimate of drug-likeness (QED) is 0.822. The molecule has 0 aliphatic carbocycles. The molecular weight excluding hydrogens is 300 g/mol. The van der Waals surface area contributed by atoms with E-state index in [1.165, 1.54) is 11.3 Å². The van der Waals surface area contributed by atoms with Crippen molar-refractivity contribution in [3.05, 3.63) is 52.0 Å². The maximum absolute atomic E-state index is 12.1. The molecule has 0 spiro atoms. The van der Waals surface area contributed by atoms with Gasteiger partial charge in [-0.05, 0) is 12.0 Å². The molecule has 1 heterocycles. The van der Waals surface area contributed by atoms with Crippen molar-refractivity contribution in [1.29, 1.82) is 0 Å². The number of carboxylic acid groups (broad SMARTS) is 1. The van der Waals surface area contributed by atoms with E-state index >= 15 is 0 Å². The van der Waals surface area contributed by atoms with Gasteiger partial charge in [0.2, 0.25) is 5.91 Å². The fourth-order valence-corrected chi connectivity index (χ4v) is 2.86. The van der Waals surface area contributed by atoms with Gasteiger partial charge in [0, 0.05) is 5.38 Å². The van der Waals surface area contributed by atoms with Crippen LogP contribution in [0.4, 0.5) is 0 Å². The number of thiazole rings is 1. The van der Waals surface area contributed by atoms with Crippen LogP contribution in [0.3, 0.4) is 0 Å². The summed E-state index contributed by atoms with van der Waals surface area (Å²) in [4.78, 5) is 27.5. The lowest BCUT2D eigenvalue weighted by molar-refractivity contribution is -0.137. The van der Waals surface area contributed by atoms with Crippen LogP contribution in [0.1, 0.15) is 35.7 Å². The fraction of sp³-hybridized carbons (Fsp3) is 0.312. The number of carbonyl (C=O) groups excluding carboxylic acids is 1. The number of rotatable bonds is 7. The summed E-state index contributed by atoms with van der Waals surface area (Å²) in [5.41, 5.74) is 1.51. The molecular formula is C16H18N2O3S. The van der Waals surface area contributed by atoms with Crippen LogP contribution in [-0.4, -0.2) is 22.0 Å². The van der Waals surface area contributed by atoms with Gasteiger partial charge in [-0.15, -0.1) is 11.3 Å². The molecule has 1 aromatic heterocycles. The molecule has 5 nitrogen and oxygen atoms in total. The molecule has 2 aromatic rings. The second-order valence-electron chi connectivity index (χ2n) is 4.89. The zero-order valence-electron chi connectivity index (χ0n) is 12.3. The Hall–Kier alpha value is -2.21. The van der Waals surface area contributed by atoms with Gasteiger partial charge in [-0.3, -0.25) is 9.59 Å². The number of hydrogen-bond donors (Lipinski definition) is 2. The van der Waals surface area contributed by atoms with Gasteiger partial charge in [-0.1, -0.05) is 37.3 Å². The van der Waals surface area contributed by atoms with Gasteiger partial charge in [-0.2, -0.15) is 0 Å². The second kappa shape index (κ2) is 7.70. The SMILES string of the molecule is CCc1nc(CC(=O)NC(CC(=O)O)c2ccccc2)cs1. The van der Waals surface area contributed by atoms with Crippen molar-refractivity contribution in [2.75, 3.05) is 0 Å². The summed E-state index contributed by atoms with van der Waals surface area (Å²) < 4.78 is 0. The maximum Gasteiger partial charge on any atom is 0.305 e. The summed E-state index contributed by atoms with van der Waals surface area (Å²) in [6.07, 6.45) is 0.865. The van der Waals surface area contributed by atoms with Crippen molar-refractivity contribution in [1.82, 2.24) is 10.3 Å². The van der Waals surface area contributed by atoms with Gasteiger partial charge in [0.05, 0.1) is 29.6 Å². The third-order valence-corrected chi connectivity index (χ3v) is 4.20. The highest BCUT2D eigenvalue weighted by Crippen LogP contribution is 2.17. The normalized spacial score (nSPS) is 11.9. The van der Waals surface area contributed by atoms with Gasteiger partial charge in [0.25, 0.3) is 0 Å². The van der Waals surface area contributed by atoms with Crippen LogP contribution in [-0.2, 0) is 22.4 Å². The molecule has 0 saturated carbocycles. The minimum Gasteiger partial charge on any atom is -0.481 e. The second-order valence-corrected chi connectivity index (χ2v) is 5.83. The number of aryl methyl sites for hydroxylation is 1. The first kappa shape index (κ1) is 16.2. The van der Waals surface area contributed by atoms with Crippen molar-refractivity contribution in [3.63, 3.8) is 0 Å². The summed E-state index contributed by atoms with van der Waals surface area (Å²) in [6.45, 7) is 2.01. The number of carboxylic acids is 1. The summed E-state index contributed by atoms with van der Waals surface area (Å²) in [5, 5.41) is 14.7. The van der Waals surface area contributed by atoms with Crippen LogP contribution in [0.2, 0.25) is 0 Å². The molecule has 0 aliphatic heterocycles. The van der Waals surface area contributed by atoms with Gasteiger partial charge in [0.1, 0.15) is 0 Å². The zero-order valence-corrected chi connectivity index (χ0v) is 13.1. The molecule has 1 atom stereocenters. The monoisotopic (exact) mass is 318 g/mol. The minimum atomic E-state index is -0.948. The Balaban J connectivity index is 2.03. The highest BCUT2D eigenvalue weighted by molar-refractivity contribution is 7.09. The molecule has 0 radical (unpaired) electrons. The van der Waals surface area contributed by atoms with Crippen molar-refractivity contribution in [3.8, 4) is 0 Å². The van der Waals surface area contributed by atoms with E-state index in [4.69, 9.17) is 5.11 Å². The van der Waals surface area contributed by atoms with Crippen molar-refractivity contribution < 1.29 is 14.7 Å². The Kier molecular flexibility index (Phi) is 5.66. The molecule has 2 N–H and O–H groups in total. The zero-order chi connectivity index (χ0) is 15.9. The Morgan fingerprint density at radius 3 is 2.64 bits per heavy atom. The highest BCUT2D eigenvalue weighted by atomic mass is 32.1. The maximum atomic E-state index is 12.1. The number of aliphatic carboxylic acids is 1. The number of nitrogens with one attached hydrogen (secondary N) is 1. The molecule has 116 valence electrons. The largest absolute Gasteiger partial charge is 0.481 e. The van der Waals surface area contributed by atoms with E-state index in [1.807, 2.05) is 42.6 Å². The Morgan fingerprint density at radius 2 is 2.05 bits per heavy atom. The smallest absolute Gasteiger partial charge is 0.305 e. The third-order valence-electron chi connectivity index (χ3n) is 3.16. The summed E-state index contributed by atoms with van der Waals surface area (Å²) >= 11 is 1.53. The molecule has 1 unspecified atom stereocenters. The number of benzene rings is 1. The molecule has 1 amide bonds. The van der Waals surface area contributed by atoms with Crippen LogP contribution in [0, 0.1) is 0 Å². The lowest BCUT2D eigenvalue weighted by atomic mass is 10.0. The van der Waals surface area contributed by atoms with Crippen molar-refractivity contribution >= 4 is 23.2 Å². The third kappa shape index (κ3) is 4.66. The van der Waals surface area contributed by atoms with E-state index in [-0.39, 0.29) is 18.7 Å². The lowest BCUT2D eigenvalue weighted by Crippen LogP contribution is -2.31. The highest BCUT2D eigenvalue weighted by Gasteiger charge is 2.18. The molecule has 1 aromatic carbocycles. The summed E-state index contributed by atoms with van der Waals surface area (Å²) in [6, 6.07) is 8.59. The molecule has 6 heteroatoms. The number of aromatic nitrogens is 1. The fourth-order valence-electron chi connectivity index (χ4n) is 2.11. The van der Waals surface area contributed by atoms with Crippen LogP contribution < -0.4 is 5.32 Å². The number of amides is 1. The minimum absolute atomic E-state index is 0.146. The van der Waals surface area contributed by atoms with Gasteiger partial charge in [0.15, 0.2) is 0 Å². The average molecular weight is 318 g/mol. The number of carbonyl (C=O) groups is 2. The van der Waals surface area contributed by atoms with Crippen LogP contribution in [0.5, 0.6) is 0 Å². The van der Waals surface area contributed by atoms with E-state index in [9.17, 15) is 9.59 Å². The Bertz CT molecular complexity index is 640. The lowest BCUT2D eigenvalue weighted by Gasteiger charge is -2.17. The summed E-state index contributed by atoms with van der Waals surface area (Å²) in [7, 11) is 0. The van der Waals surface area contributed by atoms with E-state index in [2.05, 4.69) is 10.3 Å².